The van der Waals surface area contributed by atoms with Gasteiger partial charge in [-0.2, -0.15) is 0 Å². The van der Waals surface area contributed by atoms with Gasteiger partial charge in [0.15, 0.2) is 0 Å². The highest BCUT2D eigenvalue weighted by atomic mass is 16.5. The van der Waals surface area contributed by atoms with Crippen LogP contribution in [0.5, 0.6) is 0 Å². The van der Waals surface area contributed by atoms with Crippen LogP contribution in [0.4, 0.5) is 0 Å². The van der Waals surface area contributed by atoms with Crippen LogP contribution in [0.25, 0.3) is 0 Å². The normalized spacial score (nSPS) is 14.7. The van der Waals surface area contributed by atoms with Crippen molar-refractivity contribution in [3.05, 3.63) is 35.9 Å². The zero-order chi connectivity index (χ0) is 13.4. The lowest BCUT2D eigenvalue weighted by Gasteiger charge is -2.28. The molecular weight excluding hydrogens is 226 g/mol. The number of nitrogens with two attached hydrogens (primary N) is 1. The first-order valence-corrected chi connectivity index (χ1v) is 6.66. The lowest BCUT2D eigenvalue weighted by atomic mass is 9.94. The third-order valence-corrected chi connectivity index (χ3v) is 2.94. The predicted molar refractivity (Wildman–Crippen MR) is 74.4 cm³/mol. The molecule has 0 saturated heterocycles. The average Bonchev–Trinajstić information content (AvgIpc) is 2.39. The fourth-order valence-electron chi connectivity index (χ4n) is 1.96. The van der Waals surface area contributed by atoms with Crippen molar-refractivity contribution in [3.63, 3.8) is 0 Å². The summed E-state index contributed by atoms with van der Waals surface area (Å²) in [6.45, 7) is 8.19. The standard InChI is InChI=1S/C15H25NO2/c1-4-17-10-11-18-15(12(2)3)14(16)13-8-6-5-7-9-13/h5-9,12,14-15H,4,10-11,16H2,1-3H3. The van der Waals surface area contributed by atoms with Crippen LogP contribution in [-0.2, 0) is 9.47 Å². The van der Waals surface area contributed by atoms with Crippen molar-refractivity contribution >= 4 is 0 Å². The number of rotatable bonds is 8. The Morgan fingerprint density at radius 2 is 1.78 bits per heavy atom. The molecule has 0 spiro atoms. The van der Waals surface area contributed by atoms with E-state index in [1.807, 2.05) is 37.3 Å². The largest absolute Gasteiger partial charge is 0.379 e. The maximum absolute atomic E-state index is 6.29. The molecule has 1 aromatic carbocycles. The van der Waals surface area contributed by atoms with Gasteiger partial charge < -0.3 is 15.2 Å². The first-order chi connectivity index (χ1) is 8.66. The maximum atomic E-state index is 6.29. The molecule has 0 aromatic heterocycles. The molecule has 2 unspecified atom stereocenters. The number of hydrogen-bond donors (Lipinski definition) is 1. The van der Waals surface area contributed by atoms with Crippen molar-refractivity contribution in [3.8, 4) is 0 Å². The van der Waals surface area contributed by atoms with Gasteiger partial charge in [-0.25, -0.2) is 0 Å². The van der Waals surface area contributed by atoms with E-state index in [-0.39, 0.29) is 12.1 Å². The fraction of sp³-hybridized carbons (Fsp3) is 0.600. The van der Waals surface area contributed by atoms with Crippen LogP contribution in [0, 0.1) is 5.92 Å². The van der Waals surface area contributed by atoms with Crippen molar-refractivity contribution in [1.82, 2.24) is 0 Å². The van der Waals surface area contributed by atoms with Crippen molar-refractivity contribution in [2.24, 2.45) is 11.7 Å². The molecule has 0 aliphatic heterocycles. The van der Waals surface area contributed by atoms with Crippen LogP contribution in [0.2, 0.25) is 0 Å². The van der Waals surface area contributed by atoms with Crippen LogP contribution in [0.3, 0.4) is 0 Å². The summed E-state index contributed by atoms with van der Waals surface area (Å²) in [4.78, 5) is 0. The smallest absolute Gasteiger partial charge is 0.0791 e. The number of ether oxygens (including phenoxy) is 2. The van der Waals surface area contributed by atoms with E-state index in [4.69, 9.17) is 15.2 Å². The summed E-state index contributed by atoms with van der Waals surface area (Å²) >= 11 is 0. The summed E-state index contributed by atoms with van der Waals surface area (Å²) in [5, 5.41) is 0. The molecule has 102 valence electrons. The van der Waals surface area contributed by atoms with Gasteiger partial charge in [0.05, 0.1) is 25.4 Å². The summed E-state index contributed by atoms with van der Waals surface area (Å²) < 4.78 is 11.2. The van der Waals surface area contributed by atoms with Gasteiger partial charge in [-0.3, -0.25) is 0 Å². The molecule has 3 heteroatoms. The van der Waals surface area contributed by atoms with E-state index in [1.54, 1.807) is 0 Å². The molecule has 0 bridgehead atoms. The second kappa shape index (κ2) is 8.25. The zero-order valence-corrected chi connectivity index (χ0v) is 11.6. The van der Waals surface area contributed by atoms with Crippen LogP contribution >= 0.6 is 0 Å². The lowest BCUT2D eigenvalue weighted by Crippen LogP contribution is -2.34. The fourth-order valence-corrected chi connectivity index (χ4v) is 1.96. The molecule has 0 saturated carbocycles. The van der Waals surface area contributed by atoms with E-state index >= 15 is 0 Å². The van der Waals surface area contributed by atoms with Crippen molar-refractivity contribution in [1.29, 1.82) is 0 Å². The van der Waals surface area contributed by atoms with Gasteiger partial charge in [0.25, 0.3) is 0 Å². The Morgan fingerprint density at radius 1 is 1.11 bits per heavy atom. The second-order valence-corrected chi connectivity index (χ2v) is 4.71. The van der Waals surface area contributed by atoms with Crippen molar-refractivity contribution < 1.29 is 9.47 Å². The first kappa shape index (κ1) is 15.2. The molecule has 18 heavy (non-hydrogen) atoms. The van der Waals surface area contributed by atoms with Gasteiger partial charge in [-0.1, -0.05) is 44.2 Å². The minimum atomic E-state index is -0.0900. The molecule has 0 heterocycles. The van der Waals surface area contributed by atoms with Gasteiger partial charge in [0, 0.05) is 6.61 Å². The first-order valence-electron chi connectivity index (χ1n) is 6.66. The molecule has 3 nitrogen and oxygen atoms in total. The van der Waals surface area contributed by atoms with Gasteiger partial charge in [0.2, 0.25) is 0 Å². The molecule has 0 radical (unpaired) electrons. The van der Waals surface area contributed by atoms with Crippen LogP contribution in [0.15, 0.2) is 30.3 Å². The van der Waals surface area contributed by atoms with Crippen LogP contribution < -0.4 is 5.73 Å². The van der Waals surface area contributed by atoms with E-state index in [2.05, 4.69) is 13.8 Å². The topological polar surface area (TPSA) is 44.5 Å². The Morgan fingerprint density at radius 3 is 2.33 bits per heavy atom. The van der Waals surface area contributed by atoms with E-state index in [1.165, 1.54) is 0 Å². The summed E-state index contributed by atoms with van der Waals surface area (Å²) in [6.07, 6.45) is 0.0212. The monoisotopic (exact) mass is 251 g/mol. The van der Waals surface area contributed by atoms with Crippen molar-refractivity contribution in [2.75, 3.05) is 19.8 Å². The molecule has 1 rings (SSSR count). The molecule has 0 aliphatic rings. The Bertz CT molecular complexity index is 314. The highest BCUT2D eigenvalue weighted by Crippen LogP contribution is 2.22. The number of hydrogen-bond acceptors (Lipinski definition) is 3. The predicted octanol–water partition coefficient (Wildman–Crippen LogP) is 2.76. The summed E-state index contributed by atoms with van der Waals surface area (Å²) in [6, 6.07) is 10.0. The maximum Gasteiger partial charge on any atom is 0.0791 e. The van der Waals surface area contributed by atoms with E-state index < -0.39 is 0 Å². The Balaban J connectivity index is 2.56. The SMILES string of the molecule is CCOCCOC(C(C)C)C(N)c1ccccc1. The highest BCUT2D eigenvalue weighted by molar-refractivity contribution is 5.19. The number of benzene rings is 1. The summed E-state index contributed by atoms with van der Waals surface area (Å²) in [7, 11) is 0. The third kappa shape index (κ3) is 4.77. The van der Waals surface area contributed by atoms with Crippen molar-refractivity contribution in [2.45, 2.75) is 32.9 Å². The third-order valence-electron chi connectivity index (χ3n) is 2.94. The van der Waals surface area contributed by atoms with Crippen LogP contribution in [-0.4, -0.2) is 25.9 Å². The molecule has 2 N–H and O–H groups in total. The molecule has 1 aromatic rings. The summed E-state index contributed by atoms with van der Waals surface area (Å²) in [5.41, 5.74) is 7.41. The second-order valence-electron chi connectivity index (χ2n) is 4.71. The van der Waals surface area contributed by atoms with E-state index in [9.17, 15) is 0 Å². The molecular formula is C15H25NO2. The molecule has 2 atom stereocenters. The van der Waals surface area contributed by atoms with E-state index in [0.29, 0.717) is 19.1 Å². The molecule has 0 amide bonds. The van der Waals surface area contributed by atoms with E-state index in [0.717, 1.165) is 12.2 Å². The van der Waals surface area contributed by atoms with Gasteiger partial charge in [-0.15, -0.1) is 0 Å². The minimum Gasteiger partial charge on any atom is -0.379 e. The molecule has 0 fully saturated rings. The zero-order valence-electron chi connectivity index (χ0n) is 11.6. The Kier molecular flexibility index (Phi) is 6.94. The minimum absolute atomic E-state index is 0.0212. The van der Waals surface area contributed by atoms with Gasteiger partial charge in [-0.05, 0) is 18.4 Å². The van der Waals surface area contributed by atoms with Gasteiger partial charge >= 0.3 is 0 Å². The van der Waals surface area contributed by atoms with Crippen LogP contribution in [0.1, 0.15) is 32.4 Å². The van der Waals surface area contributed by atoms with Gasteiger partial charge in [0.1, 0.15) is 0 Å². The Hall–Kier alpha value is -0.900. The summed E-state index contributed by atoms with van der Waals surface area (Å²) in [5.74, 6) is 0.377. The molecule has 0 aliphatic carbocycles. The average molecular weight is 251 g/mol. The lowest BCUT2D eigenvalue weighted by molar-refractivity contribution is -0.0253. The highest BCUT2D eigenvalue weighted by Gasteiger charge is 2.23. The quantitative estimate of drug-likeness (QED) is 0.723. The Labute approximate surface area is 110 Å².